The summed E-state index contributed by atoms with van der Waals surface area (Å²) >= 11 is 0. The first kappa shape index (κ1) is 33.0. The Kier molecular flexibility index (Phi) is 22.5. The molecule has 2 atom stereocenters. The molecule has 0 aromatic carbocycles. The summed E-state index contributed by atoms with van der Waals surface area (Å²) in [6.07, 6.45) is 4.29. The van der Waals surface area contributed by atoms with Gasteiger partial charge >= 0.3 is 11.9 Å². The molecule has 2 amide bonds. The molecule has 0 aliphatic rings. The predicted octanol–water partition coefficient (Wildman–Crippen LogP) is 2.53. The maximum Gasteiger partial charge on any atom is 0.328 e. The number of allylic oxidation sites excluding steroid dienone is 1. The van der Waals surface area contributed by atoms with E-state index in [4.69, 9.17) is 0 Å². The van der Waals surface area contributed by atoms with Crippen LogP contribution in [0.3, 0.4) is 0 Å². The lowest BCUT2D eigenvalue weighted by Gasteiger charge is -2.13. The van der Waals surface area contributed by atoms with Crippen LogP contribution >= 0.6 is 0 Å². The third-order valence-electron chi connectivity index (χ3n) is 2.89. The third-order valence-corrected chi connectivity index (χ3v) is 2.89. The minimum atomic E-state index is -0.606. The van der Waals surface area contributed by atoms with Crippen LogP contribution in [0, 0.1) is 0 Å². The molecule has 28 heavy (non-hydrogen) atoms. The summed E-state index contributed by atoms with van der Waals surface area (Å²) in [5.41, 5.74) is 1.10. The molecule has 8 heteroatoms. The average Bonchev–Trinajstić information content (AvgIpc) is 2.56. The minimum absolute atomic E-state index is 0. The molecule has 8 nitrogen and oxygen atoms in total. The Labute approximate surface area is 169 Å². The number of rotatable bonds is 8. The van der Waals surface area contributed by atoms with Gasteiger partial charge in [0.1, 0.15) is 12.1 Å². The Balaban J connectivity index is -0.000000194. The van der Waals surface area contributed by atoms with E-state index in [0.717, 1.165) is 5.57 Å². The van der Waals surface area contributed by atoms with Gasteiger partial charge in [0.05, 0.1) is 14.2 Å². The van der Waals surface area contributed by atoms with E-state index in [-0.39, 0.29) is 26.7 Å². The van der Waals surface area contributed by atoms with Crippen molar-refractivity contribution in [1.29, 1.82) is 0 Å². The minimum Gasteiger partial charge on any atom is -0.467 e. The van der Waals surface area contributed by atoms with Crippen LogP contribution in [0.1, 0.15) is 55.4 Å². The van der Waals surface area contributed by atoms with Crippen LogP contribution in [0.25, 0.3) is 0 Å². The largest absolute Gasteiger partial charge is 0.467 e. The van der Waals surface area contributed by atoms with Crippen molar-refractivity contribution < 1.29 is 28.7 Å². The zero-order valence-corrected chi connectivity index (χ0v) is 16.4. The van der Waals surface area contributed by atoms with Gasteiger partial charge in [-0.2, -0.15) is 0 Å². The topological polar surface area (TPSA) is 111 Å². The van der Waals surface area contributed by atoms with Gasteiger partial charge in [0.15, 0.2) is 0 Å². The van der Waals surface area contributed by atoms with E-state index in [1.54, 1.807) is 6.08 Å². The third kappa shape index (κ3) is 18.2. The molecule has 0 aliphatic carbocycles. The second kappa shape index (κ2) is 19.1. The van der Waals surface area contributed by atoms with Gasteiger partial charge in [-0.15, -0.1) is 6.58 Å². The van der Waals surface area contributed by atoms with E-state index < -0.39 is 24.0 Å². The van der Waals surface area contributed by atoms with Crippen molar-refractivity contribution in [3.8, 4) is 0 Å². The fourth-order valence-electron chi connectivity index (χ4n) is 1.72. The zero-order valence-electron chi connectivity index (χ0n) is 16.4. The zero-order chi connectivity index (χ0) is 20.7. The lowest BCUT2D eigenvalue weighted by molar-refractivity contribution is -0.145. The number of hydrogen-bond acceptors (Lipinski definition) is 6. The SMILES string of the molecule is C.C.C=CC[C@H](NC(C)=O)C(=O)OC.COC(=O)[C@H](CC=C(C)C)NC(C)=O. The van der Waals surface area contributed by atoms with Crippen molar-refractivity contribution >= 4 is 23.8 Å². The lowest BCUT2D eigenvalue weighted by atomic mass is 10.1. The van der Waals surface area contributed by atoms with Crippen LogP contribution in [0.15, 0.2) is 24.3 Å². The first-order chi connectivity index (χ1) is 12.1. The van der Waals surface area contributed by atoms with Crippen molar-refractivity contribution in [2.24, 2.45) is 0 Å². The van der Waals surface area contributed by atoms with E-state index in [1.165, 1.54) is 28.1 Å². The summed E-state index contributed by atoms with van der Waals surface area (Å²) in [6, 6.07) is -1.18. The van der Waals surface area contributed by atoms with Gasteiger partial charge in [-0.3, -0.25) is 9.59 Å². The standard InChI is InChI=1S/C10H17NO3.C8H13NO3.2CH4/c1-7(2)5-6-9(10(13)14-4)11-8(3)12;1-4-5-7(8(11)12-3)9-6(2)10;;/h5,9H,6H2,1-4H3,(H,11,12);4,7H,1,5H2,2-3H3,(H,9,10);2*1H4/t9-;7-;;/m00../s1. The molecule has 0 saturated heterocycles. The van der Waals surface area contributed by atoms with E-state index in [9.17, 15) is 19.2 Å². The highest BCUT2D eigenvalue weighted by atomic mass is 16.5. The van der Waals surface area contributed by atoms with Crippen LogP contribution in [0.4, 0.5) is 0 Å². The highest BCUT2D eigenvalue weighted by Gasteiger charge is 2.18. The van der Waals surface area contributed by atoms with Crippen molar-refractivity contribution in [1.82, 2.24) is 10.6 Å². The number of carbonyl (C=O) groups excluding carboxylic acids is 4. The van der Waals surface area contributed by atoms with Gasteiger partial charge in [-0.05, 0) is 26.7 Å². The van der Waals surface area contributed by atoms with Crippen molar-refractivity contribution in [2.45, 2.75) is 67.5 Å². The van der Waals surface area contributed by atoms with Crippen LogP contribution in [-0.2, 0) is 28.7 Å². The Morgan fingerprint density at radius 3 is 1.43 bits per heavy atom. The van der Waals surface area contributed by atoms with Gasteiger partial charge < -0.3 is 20.1 Å². The monoisotopic (exact) mass is 402 g/mol. The Morgan fingerprint density at radius 2 is 1.18 bits per heavy atom. The molecule has 2 N–H and O–H groups in total. The van der Waals surface area contributed by atoms with E-state index in [1.807, 2.05) is 19.9 Å². The van der Waals surface area contributed by atoms with E-state index >= 15 is 0 Å². The molecule has 0 unspecified atom stereocenters. The van der Waals surface area contributed by atoms with Crippen molar-refractivity contribution in [3.63, 3.8) is 0 Å². The van der Waals surface area contributed by atoms with Gasteiger partial charge in [-0.1, -0.05) is 32.6 Å². The Bertz CT molecular complexity index is 525. The molecule has 0 aromatic heterocycles. The first-order valence-corrected chi connectivity index (χ1v) is 8.03. The van der Waals surface area contributed by atoms with Crippen molar-refractivity contribution in [2.75, 3.05) is 14.2 Å². The van der Waals surface area contributed by atoms with Gasteiger partial charge in [0.25, 0.3) is 0 Å². The maximum atomic E-state index is 11.2. The quantitative estimate of drug-likeness (QED) is 0.477. The summed E-state index contributed by atoms with van der Waals surface area (Å²) in [6.45, 7) is 10.1. The summed E-state index contributed by atoms with van der Waals surface area (Å²) in [4.78, 5) is 43.5. The molecule has 0 heterocycles. The highest BCUT2D eigenvalue weighted by Crippen LogP contribution is 2.00. The molecule has 0 radical (unpaired) electrons. The fraction of sp³-hybridized carbons (Fsp3) is 0.600. The molecule has 0 rings (SSSR count). The summed E-state index contributed by atoms with van der Waals surface area (Å²) < 4.78 is 9.03. The summed E-state index contributed by atoms with van der Waals surface area (Å²) in [7, 11) is 2.58. The number of esters is 2. The summed E-state index contributed by atoms with van der Waals surface area (Å²) in [5.74, 6) is -1.36. The van der Waals surface area contributed by atoms with E-state index in [2.05, 4.69) is 26.7 Å². The van der Waals surface area contributed by atoms with E-state index in [0.29, 0.717) is 12.8 Å². The molecule has 0 bridgehead atoms. The van der Waals surface area contributed by atoms with Gasteiger partial charge in [-0.25, -0.2) is 9.59 Å². The van der Waals surface area contributed by atoms with Crippen LogP contribution < -0.4 is 10.6 Å². The normalized spacial score (nSPS) is 10.6. The number of amides is 2. The van der Waals surface area contributed by atoms with Crippen molar-refractivity contribution in [3.05, 3.63) is 24.3 Å². The fourth-order valence-corrected chi connectivity index (χ4v) is 1.72. The summed E-state index contributed by atoms with van der Waals surface area (Å²) in [5, 5.41) is 4.97. The number of ether oxygens (including phenoxy) is 2. The predicted molar refractivity (Wildman–Crippen MR) is 112 cm³/mol. The maximum absolute atomic E-state index is 11.2. The Morgan fingerprint density at radius 1 is 0.821 bits per heavy atom. The number of methoxy groups -OCH3 is 2. The number of nitrogens with one attached hydrogen (secondary N) is 2. The molecule has 164 valence electrons. The second-order valence-electron chi connectivity index (χ2n) is 5.59. The van der Waals surface area contributed by atoms with Gasteiger partial charge in [0.2, 0.25) is 11.8 Å². The molecule has 0 saturated carbocycles. The van der Waals surface area contributed by atoms with Crippen LogP contribution in [0.2, 0.25) is 0 Å². The average molecular weight is 403 g/mol. The molecular formula is C20H38N2O6. The lowest BCUT2D eigenvalue weighted by Crippen LogP contribution is -2.40. The Hall–Kier alpha value is -2.64. The smallest absolute Gasteiger partial charge is 0.328 e. The van der Waals surface area contributed by atoms with Crippen LogP contribution in [0.5, 0.6) is 0 Å². The molecule has 0 spiro atoms. The van der Waals surface area contributed by atoms with Gasteiger partial charge in [0, 0.05) is 13.8 Å². The number of hydrogen-bond donors (Lipinski definition) is 2. The van der Waals surface area contributed by atoms with Crippen LogP contribution in [-0.4, -0.2) is 50.1 Å². The number of carbonyl (C=O) groups is 4. The molecule has 0 aliphatic heterocycles. The molecule has 0 aromatic rings. The first-order valence-electron chi connectivity index (χ1n) is 8.03. The molecular weight excluding hydrogens is 364 g/mol. The molecule has 0 fully saturated rings. The highest BCUT2D eigenvalue weighted by molar-refractivity contribution is 5.83. The second-order valence-corrected chi connectivity index (χ2v) is 5.59.